The lowest BCUT2D eigenvalue weighted by Gasteiger charge is -2.36. The van der Waals surface area contributed by atoms with E-state index in [0.29, 0.717) is 12.6 Å². The summed E-state index contributed by atoms with van der Waals surface area (Å²) >= 11 is 0. The van der Waals surface area contributed by atoms with Crippen molar-refractivity contribution in [3.8, 4) is 0 Å². The molecule has 30 heavy (non-hydrogen) atoms. The number of aliphatic imine (C=N–C) groups is 1. The molecule has 0 radical (unpaired) electrons. The minimum atomic E-state index is 0. The van der Waals surface area contributed by atoms with E-state index in [4.69, 9.17) is 0 Å². The molecular formula is C22H33IN6O. The van der Waals surface area contributed by atoms with Crippen molar-refractivity contribution in [1.82, 2.24) is 20.4 Å². The number of carbonyl (C=O) groups excluding carboxylic acids is 1. The van der Waals surface area contributed by atoms with Gasteiger partial charge in [-0.2, -0.15) is 0 Å². The zero-order chi connectivity index (χ0) is 20.1. The number of hydrogen-bond acceptors (Lipinski definition) is 4. The van der Waals surface area contributed by atoms with Crippen LogP contribution in [0, 0.1) is 0 Å². The van der Waals surface area contributed by atoms with E-state index in [1.54, 1.807) is 0 Å². The maximum Gasteiger partial charge on any atom is 0.234 e. The van der Waals surface area contributed by atoms with Crippen molar-refractivity contribution in [3.05, 3.63) is 42.0 Å². The number of nitrogens with zero attached hydrogens (tertiary/aromatic N) is 4. The predicted molar refractivity (Wildman–Crippen MR) is 133 cm³/mol. The number of anilines is 1. The lowest BCUT2D eigenvalue weighted by atomic mass is 10.2. The Balaban J connectivity index is 0.00000256. The van der Waals surface area contributed by atoms with Gasteiger partial charge in [0, 0.05) is 64.6 Å². The molecule has 4 rings (SSSR count). The van der Waals surface area contributed by atoms with Gasteiger partial charge in [0.2, 0.25) is 5.91 Å². The lowest BCUT2D eigenvalue weighted by Crippen LogP contribution is -2.54. The van der Waals surface area contributed by atoms with Gasteiger partial charge in [0.1, 0.15) is 0 Å². The van der Waals surface area contributed by atoms with Gasteiger partial charge in [-0.15, -0.1) is 24.0 Å². The summed E-state index contributed by atoms with van der Waals surface area (Å²) in [6, 6.07) is 9.19. The highest BCUT2D eigenvalue weighted by atomic mass is 127. The molecule has 0 spiro atoms. The average Bonchev–Trinajstić information content (AvgIpc) is 3.38. The molecule has 0 bridgehead atoms. The van der Waals surface area contributed by atoms with Crippen LogP contribution in [0.4, 0.5) is 5.69 Å². The number of piperazine rings is 1. The van der Waals surface area contributed by atoms with Gasteiger partial charge in [0.25, 0.3) is 0 Å². The van der Waals surface area contributed by atoms with E-state index in [0.717, 1.165) is 64.6 Å². The second-order valence-corrected chi connectivity index (χ2v) is 8.05. The van der Waals surface area contributed by atoms with E-state index in [2.05, 4.69) is 66.7 Å². The Morgan fingerprint density at radius 3 is 2.33 bits per heavy atom. The fourth-order valence-corrected chi connectivity index (χ4v) is 3.85. The first-order valence-electron chi connectivity index (χ1n) is 10.7. The largest absolute Gasteiger partial charge is 0.364 e. The summed E-state index contributed by atoms with van der Waals surface area (Å²) in [5.41, 5.74) is 2.52. The molecule has 2 aliphatic heterocycles. The first kappa shape index (κ1) is 22.9. The number of benzene rings is 1. The number of guanidine groups is 1. The van der Waals surface area contributed by atoms with Gasteiger partial charge in [0.05, 0.1) is 6.54 Å². The lowest BCUT2D eigenvalue weighted by molar-refractivity contribution is -0.122. The second-order valence-electron chi connectivity index (χ2n) is 8.05. The Kier molecular flexibility index (Phi) is 8.38. The van der Waals surface area contributed by atoms with Crippen LogP contribution in [0.1, 0.15) is 18.4 Å². The maximum atomic E-state index is 12.0. The fourth-order valence-electron chi connectivity index (χ4n) is 3.85. The molecule has 1 aliphatic carbocycles. The minimum absolute atomic E-state index is 0. The molecule has 8 heteroatoms. The summed E-state index contributed by atoms with van der Waals surface area (Å²) in [6.45, 7) is 6.81. The predicted octanol–water partition coefficient (Wildman–Crippen LogP) is 1.65. The zero-order valence-electron chi connectivity index (χ0n) is 17.7. The van der Waals surface area contributed by atoms with Crippen LogP contribution >= 0.6 is 24.0 Å². The van der Waals surface area contributed by atoms with Crippen LogP contribution in [-0.4, -0.2) is 80.6 Å². The van der Waals surface area contributed by atoms with Crippen LogP contribution in [0.15, 0.2) is 41.4 Å². The number of amides is 1. The van der Waals surface area contributed by atoms with E-state index < -0.39 is 0 Å². The number of nitrogens with one attached hydrogen (secondary N) is 2. The molecule has 1 aromatic rings. The Bertz CT molecular complexity index is 745. The van der Waals surface area contributed by atoms with Gasteiger partial charge in [-0.25, -0.2) is 0 Å². The van der Waals surface area contributed by atoms with Crippen LogP contribution in [0.3, 0.4) is 0 Å². The van der Waals surface area contributed by atoms with Crippen LogP contribution in [0.2, 0.25) is 0 Å². The van der Waals surface area contributed by atoms with E-state index in [1.165, 1.54) is 11.3 Å². The van der Waals surface area contributed by atoms with E-state index in [-0.39, 0.29) is 29.9 Å². The third-order valence-electron chi connectivity index (χ3n) is 5.76. The molecular weight excluding hydrogens is 491 g/mol. The molecule has 1 saturated heterocycles. The van der Waals surface area contributed by atoms with Gasteiger partial charge in [-0.05, 0) is 30.5 Å². The van der Waals surface area contributed by atoms with E-state index >= 15 is 0 Å². The summed E-state index contributed by atoms with van der Waals surface area (Å²) in [5, 5.41) is 6.56. The molecule has 2 fully saturated rings. The summed E-state index contributed by atoms with van der Waals surface area (Å²) in [6.07, 6.45) is 6.69. The molecule has 7 nitrogen and oxygen atoms in total. The molecule has 164 valence electrons. The average molecular weight is 524 g/mol. The number of rotatable bonds is 6. The SMILES string of the molecule is CN=C(NCc1ccc(N2CC=CC2)cc1)N1CCN(CC(=O)NC2CC2)CC1.I. The molecule has 2 N–H and O–H groups in total. The maximum absolute atomic E-state index is 12.0. The smallest absolute Gasteiger partial charge is 0.234 e. The Hall–Kier alpha value is -1.81. The standard InChI is InChI=1S/C22H32N6O.HI/c1-23-22(24-16-18-4-8-20(9-5-18)27-10-2-3-11-27)28-14-12-26(13-15-28)17-21(29)25-19-6-7-19;/h2-5,8-9,19H,6-7,10-17H2,1H3,(H,23,24)(H,25,29);1H. The van der Waals surface area contributed by atoms with Crippen molar-refractivity contribution < 1.29 is 4.79 Å². The number of hydrogen-bond donors (Lipinski definition) is 2. The van der Waals surface area contributed by atoms with Gasteiger partial charge in [0.15, 0.2) is 5.96 Å². The van der Waals surface area contributed by atoms with Crippen LogP contribution in [0.5, 0.6) is 0 Å². The van der Waals surface area contributed by atoms with E-state index in [1.807, 2.05) is 7.05 Å². The first-order valence-corrected chi connectivity index (χ1v) is 10.7. The molecule has 1 saturated carbocycles. The highest BCUT2D eigenvalue weighted by molar-refractivity contribution is 14.0. The Morgan fingerprint density at radius 2 is 1.73 bits per heavy atom. The molecule has 2 heterocycles. The molecule has 0 atom stereocenters. The molecule has 3 aliphatic rings. The summed E-state index contributed by atoms with van der Waals surface area (Å²) in [7, 11) is 1.83. The van der Waals surface area contributed by atoms with Gasteiger partial charge < -0.3 is 20.4 Å². The van der Waals surface area contributed by atoms with Crippen LogP contribution < -0.4 is 15.5 Å². The van der Waals surface area contributed by atoms with Gasteiger partial charge >= 0.3 is 0 Å². The Morgan fingerprint density at radius 1 is 1.07 bits per heavy atom. The van der Waals surface area contributed by atoms with Gasteiger partial charge in [-0.1, -0.05) is 24.3 Å². The topological polar surface area (TPSA) is 63.2 Å². The minimum Gasteiger partial charge on any atom is -0.364 e. The fraction of sp³-hybridized carbons (Fsp3) is 0.545. The highest BCUT2D eigenvalue weighted by Gasteiger charge is 2.25. The molecule has 0 aromatic heterocycles. The van der Waals surface area contributed by atoms with Gasteiger partial charge in [-0.3, -0.25) is 14.7 Å². The normalized spacial score (nSPS) is 19.6. The zero-order valence-corrected chi connectivity index (χ0v) is 20.0. The van der Waals surface area contributed by atoms with Crippen LogP contribution in [-0.2, 0) is 11.3 Å². The molecule has 1 amide bonds. The summed E-state index contributed by atoms with van der Waals surface area (Å²) in [5.74, 6) is 1.09. The molecule has 0 unspecified atom stereocenters. The molecule has 1 aromatic carbocycles. The van der Waals surface area contributed by atoms with Crippen molar-refractivity contribution in [1.29, 1.82) is 0 Å². The Labute approximate surface area is 196 Å². The highest BCUT2D eigenvalue weighted by Crippen LogP contribution is 2.19. The van der Waals surface area contributed by atoms with Crippen LogP contribution in [0.25, 0.3) is 0 Å². The van der Waals surface area contributed by atoms with Crippen molar-refractivity contribution in [3.63, 3.8) is 0 Å². The van der Waals surface area contributed by atoms with Crippen molar-refractivity contribution >= 4 is 41.5 Å². The van der Waals surface area contributed by atoms with Crippen molar-refractivity contribution in [2.24, 2.45) is 4.99 Å². The van der Waals surface area contributed by atoms with Crippen molar-refractivity contribution in [2.75, 3.05) is 57.8 Å². The second kappa shape index (κ2) is 11.0. The number of carbonyl (C=O) groups is 1. The third kappa shape index (κ3) is 6.34. The number of halogens is 1. The van der Waals surface area contributed by atoms with E-state index in [9.17, 15) is 4.79 Å². The monoisotopic (exact) mass is 524 g/mol. The third-order valence-corrected chi connectivity index (χ3v) is 5.76. The first-order chi connectivity index (χ1) is 14.2. The van der Waals surface area contributed by atoms with Crippen molar-refractivity contribution in [2.45, 2.75) is 25.4 Å². The summed E-state index contributed by atoms with van der Waals surface area (Å²) in [4.78, 5) is 23.3. The quantitative estimate of drug-likeness (QED) is 0.257. The summed E-state index contributed by atoms with van der Waals surface area (Å²) < 4.78 is 0.